The van der Waals surface area contributed by atoms with Crippen molar-refractivity contribution < 1.29 is 9.86 Å². The number of quaternary nitrogens is 1. The van der Waals surface area contributed by atoms with E-state index in [-0.39, 0.29) is 17.5 Å². The average Bonchev–Trinajstić information content (AvgIpc) is 2.41. The van der Waals surface area contributed by atoms with Crippen LogP contribution in [0.25, 0.3) is 0 Å². The molecule has 4 atom stereocenters. The van der Waals surface area contributed by atoms with Crippen LogP contribution in [0.1, 0.15) is 40.0 Å². The molecule has 0 bridgehead atoms. The van der Waals surface area contributed by atoms with E-state index in [1.54, 1.807) is 0 Å². The summed E-state index contributed by atoms with van der Waals surface area (Å²) >= 11 is 0. The minimum atomic E-state index is -0.525. The van der Waals surface area contributed by atoms with Crippen LogP contribution >= 0.6 is 0 Å². The first-order valence-corrected chi connectivity index (χ1v) is 6.30. The molecule has 1 heterocycles. The number of carbonyl (C=O) groups excluding carboxylic acids is 1. The molecule has 1 aliphatic carbocycles. The summed E-state index contributed by atoms with van der Waals surface area (Å²) in [5.41, 5.74) is -0.525. The van der Waals surface area contributed by atoms with Crippen molar-refractivity contribution in [2.75, 3.05) is 6.54 Å². The molecule has 0 radical (unpaired) electrons. The van der Waals surface area contributed by atoms with Crippen LogP contribution in [0, 0.1) is 23.0 Å². The van der Waals surface area contributed by atoms with Gasteiger partial charge >= 0.3 is 0 Å². The summed E-state index contributed by atoms with van der Waals surface area (Å²) in [5, 5.41) is 15.3. The van der Waals surface area contributed by atoms with E-state index in [0.717, 1.165) is 12.8 Å². The van der Waals surface area contributed by atoms with Gasteiger partial charge in [-0.25, -0.2) is 0 Å². The quantitative estimate of drug-likeness (QED) is 0.631. The zero-order chi connectivity index (χ0) is 11.9. The second kappa shape index (κ2) is 4.00. The van der Waals surface area contributed by atoms with Crippen molar-refractivity contribution >= 4 is 5.91 Å². The first-order chi connectivity index (χ1) is 7.45. The summed E-state index contributed by atoms with van der Waals surface area (Å²) in [6.45, 7) is 6.58. The maximum Gasteiger partial charge on any atom is 0.280 e. The molecule has 0 aromatic carbocycles. The number of rotatable bonds is 1. The van der Waals surface area contributed by atoms with Gasteiger partial charge in [-0.3, -0.25) is 10.1 Å². The largest absolute Gasteiger partial charge is 0.632 e. The van der Waals surface area contributed by atoms with Crippen LogP contribution in [-0.2, 0) is 4.79 Å². The van der Waals surface area contributed by atoms with Gasteiger partial charge in [0.25, 0.3) is 5.91 Å². The van der Waals surface area contributed by atoms with Crippen molar-refractivity contribution in [3.8, 4) is 0 Å². The molecular formula is C12H22N2O2. The fraction of sp³-hybridized carbons (Fsp3) is 0.917. The SMILES string of the molecule is CC1CCC(C(C)C)C2(C1)NC(=O)C[NH+]2[O-]. The van der Waals surface area contributed by atoms with E-state index in [2.05, 4.69) is 26.1 Å². The van der Waals surface area contributed by atoms with E-state index in [9.17, 15) is 10.0 Å². The van der Waals surface area contributed by atoms with Gasteiger partial charge in [0.1, 0.15) is 0 Å². The summed E-state index contributed by atoms with van der Waals surface area (Å²) in [6, 6.07) is 0. The van der Waals surface area contributed by atoms with Gasteiger partial charge in [-0.05, 0) is 24.7 Å². The molecule has 1 saturated carbocycles. The summed E-state index contributed by atoms with van der Waals surface area (Å²) < 4.78 is 0. The maximum absolute atomic E-state index is 12.1. The number of carbonyl (C=O) groups is 1. The molecule has 1 spiro atoms. The highest BCUT2D eigenvalue weighted by atomic mass is 16.5. The first-order valence-electron chi connectivity index (χ1n) is 6.30. The van der Waals surface area contributed by atoms with Gasteiger partial charge in [-0.15, -0.1) is 0 Å². The number of hydroxylamine groups is 2. The van der Waals surface area contributed by atoms with E-state index in [1.807, 2.05) is 0 Å². The van der Waals surface area contributed by atoms with Crippen LogP contribution in [0.4, 0.5) is 0 Å². The summed E-state index contributed by atoms with van der Waals surface area (Å²) in [7, 11) is 0. The van der Waals surface area contributed by atoms with Crippen LogP contribution < -0.4 is 10.4 Å². The molecule has 92 valence electrons. The smallest absolute Gasteiger partial charge is 0.280 e. The normalized spacial score (nSPS) is 44.1. The van der Waals surface area contributed by atoms with Gasteiger partial charge < -0.3 is 10.3 Å². The zero-order valence-corrected chi connectivity index (χ0v) is 10.4. The zero-order valence-electron chi connectivity index (χ0n) is 10.4. The predicted octanol–water partition coefficient (Wildman–Crippen LogP) is 0.287. The van der Waals surface area contributed by atoms with Gasteiger partial charge in [0.05, 0.1) is 0 Å². The molecule has 1 saturated heterocycles. The van der Waals surface area contributed by atoms with Crippen molar-refractivity contribution in [2.45, 2.75) is 45.7 Å². The minimum absolute atomic E-state index is 0.0789. The second-order valence-corrected chi connectivity index (χ2v) is 5.86. The van der Waals surface area contributed by atoms with E-state index >= 15 is 0 Å². The second-order valence-electron chi connectivity index (χ2n) is 5.86. The molecule has 1 amide bonds. The lowest BCUT2D eigenvalue weighted by molar-refractivity contribution is -0.899. The van der Waals surface area contributed by atoms with Crippen molar-refractivity contribution in [3.63, 3.8) is 0 Å². The fourth-order valence-electron chi connectivity index (χ4n) is 3.55. The Hall–Kier alpha value is -0.610. The highest BCUT2D eigenvalue weighted by Gasteiger charge is 2.54. The molecule has 4 nitrogen and oxygen atoms in total. The van der Waals surface area contributed by atoms with Crippen LogP contribution in [0.15, 0.2) is 0 Å². The number of hydrogen-bond acceptors (Lipinski definition) is 2. The van der Waals surface area contributed by atoms with Gasteiger partial charge in [-0.2, -0.15) is 0 Å². The highest BCUT2D eigenvalue weighted by Crippen LogP contribution is 2.38. The monoisotopic (exact) mass is 226 g/mol. The first kappa shape index (κ1) is 11.9. The molecule has 2 fully saturated rings. The number of hydrogen-bond donors (Lipinski definition) is 2. The van der Waals surface area contributed by atoms with Gasteiger partial charge in [0.15, 0.2) is 12.2 Å². The minimum Gasteiger partial charge on any atom is -0.632 e. The van der Waals surface area contributed by atoms with E-state index in [1.165, 1.54) is 6.42 Å². The number of amides is 1. The third kappa shape index (κ3) is 1.74. The maximum atomic E-state index is 12.1. The fourth-order valence-corrected chi connectivity index (χ4v) is 3.55. The Balaban J connectivity index is 2.28. The molecule has 1 aliphatic heterocycles. The van der Waals surface area contributed by atoms with E-state index in [0.29, 0.717) is 17.8 Å². The van der Waals surface area contributed by atoms with Gasteiger partial charge in [0.2, 0.25) is 0 Å². The van der Waals surface area contributed by atoms with E-state index < -0.39 is 5.66 Å². The van der Waals surface area contributed by atoms with Crippen molar-refractivity contribution in [2.24, 2.45) is 17.8 Å². The van der Waals surface area contributed by atoms with Crippen molar-refractivity contribution in [1.82, 2.24) is 5.32 Å². The topological polar surface area (TPSA) is 56.6 Å². The van der Waals surface area contributed by atoms with Crippen molar-refractivity contribution in [1.29, 1.82) is 0 Å². The number of nitrogens with one attached hydrogen (secondary N) is 2. The Morgan fingerprint density at radius 2 is 2.19 bits per heavy atom. The Morgan fingerprint density at radius 3 is 2.69 bits per heavy atom. The predicted molar refractivity (Wildman–Crippen MR) is 61.4 cm³/mol. The van der Waals surface area contributed by atoms with Crippen LogP contribution in [0.3, 0.4) is 0 Å². The molecule has 2 N–H and O–H groups in total. The standard InChI is InChI=1S/C12H22N2O2/c1-8(2)10-5-4-9(3)6-12(10)13-11(15)7-14(12)16/h8-10,14H,4-7H2,1-3H3,(H,13,15). The van der Waals surface area contributed by atoms with E-state index in [4.69, 9.17) is 0 Å². The Kier molecular flexibility index (Phi) is 2.97. The highest BCUT2D eigenvalue weighted by molar-refractivity contribution is 5.79. The lowest BCUT2D eigenvalue weighted by Gasteiger charge is -2.48. The molecule has 16 heavy (non-hydrogen) atoms. The molecule has 0 aromatic heterocycles. The molecule has 4 unspecified atom stereocenters. The molecule has 2 rings (SSSR count). The van der Waals surface area contributed by atoms with Crippen molar-refractivity contribution in [3.05, 3.63) is 5.21 Å². The Bertz CT molecular complexity index is 293. The van der Waals surface area contributed by atoms with Crippen LogP contribution in [0.2, 0.25) is 0 Å². The molecule has 4 heteroatoms. The summed E-state index contributed by atoms with van der Waals surface area (Å²) in [4.78, 5) is 11.5. The summed E-state index contributed by atoms with van der Waals surface area (Å²) in [6.07, 6.45) is 3.07. The lowest BCUT2D eigenvalue weighted by Crippen LogP contribution is -3.16. The third-order valence-electron chi connectivity index (χ3n) is 4.26. The van der Waals surface area contributed by atoms with Crippen LogP contribution in [-0.4, -0.2) is 18.1 Å². The van der Waals surface area contributed by atoms with Crippen LogP contribution in [0.5, 0.6) is 0 Å². The average molecular weight is 226 g/mol. The Labute approximate surface area is 97.0 Å². The van der Waals surface area contributed by atoms with Gasteiger partial charge in [-0.1, -0.05) is 20.8 Å². The van der Waals surface area contributed by atoms with Gasteiger partial charge in [0, 0.05) is 12.3 Å². The lowest BCUT2D eigenvalue weighted by atomic mass is 9.70. The summed E-state index contributed by atoms with van der Waals surface area (Å²) in [5.74, 6) is 1.24. The molecular weight excluding hydrogens is 204 g/mol. The Morgan fingerprint density at radius 1 is 1.50 bits per heavy atom. The molecule has 0 aromatic rings. The third-order valence-corrected chi connectivity index (χ3v) is 4.26. The molecule has 2 aliphatic rings.